The summed E-state index contributed by atoms with van der Waals surface area (Å²) in [5.41, 5.74) is 0. The van der Waals surface area contributed by atoms with E-state index < -0.39 is 16.3 Å². The van der Waals surface area contributed by atoms with E-state index in [2.05, 4.69) is 0 Å². The SMILES string of the molecule is CCN(CCC(O)N(C)C)S(=O)(=O)c1ccccc1. The van der Waals surface area contributed by atoms with Gasteiger partial charge in [0, 0.05) is 19.5 Å². The van der Waals surface area contributed by atoms with Crippen LogP contribution in [0.3, 0.4) is 0 Å². The molecule has 1 atom stereocenters. The first kappa shape index (κ1) is 16.1. The van der Waals surface area contributed by atoms with Crippen molar-refractivity contribution in [3.63, 3.8) is 0 Å². The van der Waals surface area contributed by atoms with Gasteiger partial charge in [-0.25, -0.2) is 8.42 Å². The third kappa shape index (κ3) is 4.28. The fourth-order valence-electron chi connectivity index (χ4n) is 1.71. The Bertz CT molecular complexity index is 474. The lowest BCUT2D eigenvalue weighted by molar-refractivity contribution is 0.0300. The van der Waals surface area contributed by atoms with Crippen LogP contribution < -0.4 is 0 Å². The first-order valence-corrected chi connectivity index (χ1v) is 7.73. The lowest BCUT2D eigenvalue weighted by Crippen LogP contribution is -2.36. The highest BCUT2D eigenvalue weighted by atomic mass is 32.2. The van der Waals surface area contributed by atoms with Crippen molar-refractivity contribution in [1.82, 2.24) is 9.21 Å². The normalized spacial score (nSPS) is 14.0. The molecule has 0 aliphatic heterocycles. The van der Waals surface area contributed by atoms with Crippen molar-refractivity contribution in [1.29, 1.82) is 0 Å². The van der Waals surface area contributed by atoms with Crippen LogP contribution in [0.25, 0.3) is 0 Å². The molecule has 19 heavy (non-hydrogen) atoms. The van der Waals surface area contributed by atoms with Crippen LogP contribution >= 0.6 is 0 Å². The fraction of sp³-hybridized carbons (Fsp3) is 0.538. The first-order valence-electron chi connectivity index (χ1n) is 6.29. The van der Waals surface area contributed by atoms with Crippen molar-refractivity contribution >= 4 is 10.0 Å². The predicted octanol–water partition coefficient (Wildman–Crippen LogP) is 0.967. The van der Waals surface area contributed by atoms with Gasteiger partial charge in [-0.15, -0.1) is 0 Å². The molecule has 0 aromatic heterocycles. The summed E-state index contributed by atoms with van der Waals surface area (Å²) in [5, 5.41) is 9.71. The molecular formula is C13H22N2O3S. The number of aliphatic hydroxyl groups excluding tert-OH is 1. The number of benzene rings is 1. The summed E-state index contributed by atoms with van der Waals surface area (Å²) >= 11 is 0. The van der Waals surface area contributed by atoms with Gasteiger partial charge in [-0.05, 0) is 26.2 Å². The molecule has 0 saturated carbocycles. The van der Waals surface area contributed by atoms with Gasteiger partial charge in [0.15, 0.2) is 0 Å². The Labute approximate surface area is 115 Å². The highest BCUT2D eigenvalue weighted by molar-refractivity contribution is 7.89. The number of rotatable bonds is 7. The summed E-state index contributed by atoms with van der Waals surface area (Å²) in [6.45, 7) is 2.48. The average molecular weight is 286 g/mol. The predicted molar refractivity (Wildman–Crippen MR) is 75.2 cm³/mol. The molecule has 0 radical (unpaired) electrons. The number of aliphatic hydroxyl groups is 1. The quantitative estimate of drug-likeness (QED) is 0.759. The second kappa shape index (κ2) is 7.00. The molecule has 1 aromatic carbocycles. The molecule has 0 saturated heterocycles. The molecule has 0 aliphatic rings. The Morgan fingerprint density at radius 2 is 1.79 bits per heavy atom. The van der Waals surface area contributed by atoms with Crippen LogP contribution in [0.2, 0.25) is 0 Å². The smallest absolute Gasteiger partial charge is 0.243 e. The Morgan fingerprint density at radius 3 is 2.26 bits per heavy atom. The molecule has 108 valence electrons. The maximum Gasteiger partial charge on any atom is 0.243 e. The summed E-state index contributed by atoms with van der Waals surface area (Å²) in [6, 6.07) is 8.36. The summed E-state index contributed by atoms with van der Waals surface area (Å²) in [6.07, 6.45) is -0.257. The van der Waals surface area contributed by atoms with Crippen LogP contribution in [0.4, 0.5) is 0 Å². The minimum Gasteiger partial charge on any atom is -0.378 e. The third-order valence-electron chi connectivity index (χ3n) is 2.97. The molecule has 6 heteroatoms. The standard InChI is InChI=1S/C13H22N2O3S/c1-4-15(11-10-13(16)14(2)3)19(17,18)12-8-6-5-7-9-12/h5-9,13,16H,4,10-11H2,1-3H3. The molecule has 0 heterocycles. The van der Waals surface area contributed by atoms with Gasteiger partial charge in [-0.1, -0.05) is 25.1 Å². The van der Waals surface area contributed by atoms with Crippen LogP contribution in [-0.4, -0.2) is 56.1 Å². The Morgan fingerprint density at radius 1 is 1.21 bits per heavy atom. The molecule has 0 spiro atoms. The van der Waals surface area contributed by atoms with Gasteiger partial charge in [-0.2, -0.15) is 4.31 Å². The lowest BCUT2D eigenvalue weighted by atomic mass is 10.3. The largest absolute Gasteiger partial charge is 0.378 e. The van der Waals surface area contributed by atoms with Crippen molar-refractivity contribution in [3.8, 4) is 0 Å². The van der Waals surface area contributed by atoms with E-state index in [4.69, 9.17) is 0 Å². The topological polar surface area (TPSA) is 60.9 Å². The third-order valence-corrected chi connectivity index (χ3v) is 4.95. The zero-order valence-corrected chi connectivity index (χ0v) is 12.5. The van der Waals surface area contributed by atoms with Crippen molar-refractivity contribution in [2.45, 2.75) is 24.5 Å². The fourth-order valence-corrected chi connectivity index (χ4v) is 3.19. The monoisotopic (exact) mass is 286 g/mol. The van der Waals surface area contributed by atoms with Gasteiger partial charge < -0.3 is 5.11 Å². The highest BCUT2D eigenvalue weighted by Crippen LogP contribution is 2.15. The van der Waals surface area contributed by atoms with Gasteiger partial charge in [0.25, 0.3) is 0 Å². The molecule has 0 amide bonds. The number of hydrogen-bond acceptors (Lipinski definition) is 4. The first-order chi connectivity index (χ1) is 8.89. The minimum atomic E-state index is -3.47. The molecule has 1 unspecified atom stereocenters. The van der Waals surface area contributed by atoms with E-state index in [0.29, 0.717) is 19.5 Å². The lowest BCUT2D eigenvalue weighted by Gasteiger charge is -2.24. The van der Waals surface area contributed by atoms with Crippen LogP contribution in [0.15, 0.2) is 35.2 Å². The maximum atomic E-state index is 12.4. The van der Waals surface area contributed by atoms with Crippen molar-refractivity contribution in [3.05, 3.63) is 30.3 Å². The highest BCUT2D eigenvalue weighted by Gasteiger charge is 2.23. The van der Waals surface area contributed by atoms with Crippen LogP contribution in [0.1, 0.15) is 13.3 Å². The van der Waals surface area contributed by atoms with E-state index in [9.17, 15) is 13.5 Å². The molecular weight excluding hydrogens is 264 g/mol. The molecule has 0 fully saturated rings. The molecule has 0 aliphatic carbocycles. The van der Waals surface area contributed by atoms with E-state index in [1.807, 2.05) is 0 Å². The van der Waals surface area contributed by atoms with Crippen molar-refractivity contribution in [2.24, 2.45) is 0 Å². The summed E-state index contributed by atoms with van der Waals surface area (Å²) in [4.78, 5) is 1.94. The Balaban J connectivity index is 2.80. The van der Waals surface area contributed by atoms with Crippen LogP contribution in [-0.2, 0) is 10.0 Å². The van der Waals surface area contributed by atoms with E-state index in [1.165, 1.54) is 4.31 Å². The van der Waals surface area contributed by atoms with Crippen LogP contribution in [0, 0.1) is 0 Å². The second-order valence-electron chi connectivity index (χ2n) is 4.54. The van der Waals surface area contributed by atoms with Gasteiger partial charge in [0.1, 0.15) is 6.23 Å². The molecule has 5 nitrogen and oxygen atoms in total. The zero-order valence-electron chi connectivity index (χ0n) is 11.7. The van der Waals surface area contributed by atoms with Gasteiger partial charge in [0.05, 0.1) is 4.90 Å². The van der Waals surface area contributed by atoms with E-state index in [0.717, 1.165) is 0 Å². The molecule has 1 rings (SSSR count). The Kier molecular flexibility index (Phi) is 5.93. The van der Waals surface area contributed by atoms with E-state index in [1.54, 1.807) is 56.3 Å². The minimum absolute atomic E-state index is 0.288. The van der Waals surface area contributed by atoms with Gasteiger partial charge >= 0.3 is 0 Å². The Hall–Kier alpha value is -0.950. The number of hydrogen-bond donors (Lipinski definition) is 1. The number of sulfonamides is 1. The van der Waals surface area contributed by atoms with E-state index in [-0.39, 0.29) is 4.90 Å². The van der Waals surface area contributed by atoms with Gasteiger partial charge in [0.2, 0.25) is 10.0 Å². The summed E-state index contributed by atoms with van der Waals surface area (Å²) in [5.74, 6) is 0. The second-order valence-corrected chi connectivity index (χ2v) is 6.48. The zero-order chi connectivity index (χ0) is 14.5. The molecule has 1 N–H and O–H groups in total. The average Bonchev–Trinajstić information content (AvgIpc) is 2.39. The number of nitrogens with zero attached hydrogens (tertiary/aromatic N) is 2. The van der Waals surface area contributed by atoms with Crippen molar-refractivity contribution in [2.75, 3.05) is 27.2 Å². The van der Waals surface area contributed by atoms with Gasteiger partial charge in [-0.3, -0.25) is 4.90 Å². The summed E-state index contributed by atoms with van der Waals surface area (Å²) < 4.78 is 26.1. The van der Waals surface area contributed by atoms with E-state index >= 15 is 0 Å². The molecule has 0 bridgehead atoms. The molecule has 1 aromatic rings. The maximum absolute atomic E-state index is 12.4. The van der Waals surface area contributed by atoms with Crippen molar-refractivity contribution < 1.29 is 13.5 Å². The summed E-state index contributed by atoms with van der Waals surface area (Å²) in [7, 11) is 0.0444. The van der Waals surface area contributed by atoms with Crippen LogP contribution in [0.5, 0.6) is 0 Å².